The van der Waals surface area contributed by atoms with E-state index in [1.54, 1.807) is 17.2 Å². The van der Waals surface area contributed by atoms with Gasteiger partial charge < -0.3 is 24.6 Å². The Kier molecular flexibility index (Phi) is 3.65. The highest BCUT2D eigenvalue weighted by Gasteiger charge is 2.80. The van der Waals surface area contributed by atoms with Crippen molar-refractivity contribution in [2.75, 3.05) is 18.9 Å². The second-order valence-electron chi connectivity index (χ2n) is 12.5. The molecule has 4 atom stereocenters. The number of anilines is 1. The number of nitrogens with one attached hydrogen (secondary N) is 1. The molecule has 1 N–H and O–H groups in total. The standard InChI is InChI=1S/C28H31N3O5/c1-15-11-19(32)31-14-26-13-27(25(4,5)18(26)12-28(15,31)23(34)30(26)6)16-7-8-17-21(20(16)29-22(27)33)35-10-9-24(2,3)36-17/h7-11,18H,12-14H2,1-6H3,(H,29,33)/t18-,26+,27+,28+/m0/s1. The van der Waals surface area contributed by atoms with Crippen LogP contribution in [0.15, 0.2) is 36.1 Å². The SMILES string of the molecule is CC1=CC(=O)N2C[C@]34C[C@@]5(C(=O)Nc6c5ccc5c6OC=CC(C)(C)O5)C(C)(C)[C@@H]3C[C@]12C(=O)N4C. The molecule has 6 aliphatic heterocycles. The Morgan fingerprint density at radius 2 is 1.86 bits per heavy atom. The van der Waals surface area contributed by atoms with Crippen molar-refractivity contribution in [3.63, 3.8) is 0 Å². The van der Waals surface area contributed by atoms with Gasteiger partial charge in [0.05, 0.1) is 22.9 Å². The second-order valence-corrected chi connectivity index (χ2v) is 12.5. The van der Waals surface area contributed by atoms with Crippen LogP contribution in [-0.2, 0) is 19.8 Å². The van der Waals surface area contributed by atoms with Crippen molar-refractivity contribution in [1.29, 1.82) is 0 Å². The molecular weight excluding hydrogens is 458 g/mol. The predicted molar refractivity (Wildman–Crippen MR) is 131 cm³/mol. The van der Waals surface area contributed by atoms with Crippen molar-refractivity contribution in [3.05, 3.63) is 41.7 Å². The summed E-state index contributed by atoms with van der Waals surface area (Å²) < 4.78 is 12.2. The number of fused-ring (bicyclic) bond motifs is 5. The third kappa shape index (κ3) is 2.06. The van der Waals surface area contributed by atoms with E-state index in [-0.39, 0.29) is 23.6 Å². The van der Waals surface area contributed by atoms with Gasteiger partial charge in [-0.15, -0.1) is 0 Å². The maximum Gasteiger partial charge on any atom is 0.253 e. The van der Waals surface area contributed by atoms with Gasteiger partial charge in [0.25, 0.3) is 5.91 Å². The van der Waals surface area contributed by atoms with E-state index in [1.165, 1.54) is 0 Å². The molecule has 3 saturated heterocycles. The maximum atomic E-state index is 14.1. The van der Waals surface area contributed by atoms with Gasteiger partial charge in [-0.25, -0.2) is 0 Å². The van der Waals surface area contributed by atoms with Crippen LogP contribution < -0.4 is 14.8 Å². The summed E-state index contributed by atoms with van der Waals surface area (Å²) in [5, 5.41) is 3.15. The van der Waals surface area contributed by atoms with Crippen molar-refractivity contribution < 1.29 is 23.9 Å². The molecule has 1 aromatic rings. The highest BCUT2D eigenvalue weighted by molar-refractivity contribution is 6.10. The first kappa shape index (κ1) is 21.9. The quantitative estimate of drug-likeness (QED) is 0.605. The molecule has 7 aliphatic rings. The van der Waals surface area contributed by atoms with E-state index in [4.69, 9.17) is 9.47 Å². The predicted octanol–water partition coefficient (Wildman–Crippen LogP) is 3.13. The fourth-order valence-electron chi connectivity index (χ4n) is 8.52. The largest absolute Gasteiger partial charge is 0.480 e. The number of ether oxygens (including phenoxy) is 2. The molecule has 36 heavy (non-hydrogen) atoms. The summed E-state index contributed by atoms with van der Waals surface area (Å²) in [5.41, 5.74) is -1.22. The number of hydrogen-bond acceptors (Lipinski definition) is 5. The van der Waals surface area contributed by atoms with Gasteiger partial charge in [0, 0.05) is 19.7 Å². The Morgan fingerprint density at radius 3 is 2.61 bits per heavy atom. The number of likely N-dealkylation sites (N-methyl/N-ethyl adjacent to an activating group) is 1. The summed E-state index contributed by atoms with van der Waals surface area (Å²) >= 11 is 0. The molecule has 4 fully saturated rings. The fourth-order valence-corrected chi connectivity index (χ4v) is 8.52. The molecule has 1 aromatic carbocycles. The van der Waals surface area contributed by atoms with Gasteiger partial charge in [0.15, 0.2) is 11.5 Å². The molecule has 0 aromatic heterocycles. The highest BCUT2D eigenvalue weighted by atomic mass is 16.5. The lowest BCUT2D eigenvalue weighted by Gasteiger charge is -2.64. The summed E-state index contributed by atoms with van der Waals surface area (Å²) in [7, 11) is 1.85. The maximum absolute atomic E-state index is 14.1. The summed E-state index contributed by atoms with van der Waals surface area (Å²) in [6, 6.07) is 3.87. The van der Waals surface area contributed by atoms with E-state index in [1.807, 2.05) is 50.9 Å². The lowest BCUT2D eigenvalue weighted by atomic mass is 9.57. The number of rotatable bonds is 0. The van der Waals surface area contributed by atoms with Gasteiger partial charge in [-0.2, -0.15) is 0 Å². The average Bonchev–Trinajstić information content (AvgIpc) is 3.25. The molecule has 0 radical (unpaired) electrons. The van der Waals surface area contributed by atoms with Crippen molar-refractivity contribution in [2.45, 2.75) is 69.6 Å². The molecule has 0 unspecified atom stereocenters. The second kappa shape index (κ2) is 5.98. The molecule has 2 bridgehead atoms. The summed E-state index contributed by atoms with van der Waals surface area (Å²) in [6.45, 7) is 10.5. The Balaban J connectivity index is 1.43. The average molecular weight is 490 g/mol. The first-order valence-electron chi connectivity index (χ1n) is 12.6. The van der Waals surface area contributed by atoms with Crippen LogP contribution in [0.5, 0.6) is 11.5 Å². The van der Waals surface area contributed by atoms with Gasteiger partial charge in [-0.1, -0.05) is 19.9 Å². The summed E-state index contributed by atoms with van der Waals surface area (Å²) in [6.07, 6.45) is 6.05. The number of benzene rings is 1. The number of amides is 3. The minimum absolute atomic E-state index is 0.0182. The van der Waals surface area contributed by atoms with Crippen LogP contribution in [0, 0.1) is 11.3 Å². The number of nitrogens with zero attached hydrogens (tertiary/aromatic N) is 2. The monoisotopic (exact) mass is 489 g/mol. The summed E-state index contributed by atoms with van der Waals surface area (Å²) in [5.74, 6) is 0.867. The van der Waals surface area contributed by atoms with Crippen LogP contribution in [0.3, 0.4) is 0 Å². The molecule has 8 rings (SSSR count). The van der Waals surface area contributed by atoms with Crippen LogP contribution in [0.1, 0.15) is 53.0 Å². The third-order valence-electron chi connectivity index (χ3n) is 10.4. The van der Waals surface area contributed by atoms with Gasteiger partial charge in [-0.05, 0) is 68.2 Å². The molecule has 6 heterocycles. The van der Waals surface area contributed by atoms with Gasteiger partial charge in [-0.3, -0.25) is 14.4 Å². The van der Waals surface area contributed by atoms with Crippen LogP contribution in [0.4, 0.5) is 5.69 Å². The Labute approximate surface area is 210 Å². The molecular formula is C28H31N3O5. The zero-order valence-corrected chi connectivity index (χ0v) is 21.5. The van der Waals surface area contributed by atoms with Crippen molar-refractivity contribution in [3.8, 4) is 11.5 Å². The number of hydrogen-bond donors (Lipinski definition) is 1. The molecule has 1 aliphatic carbocycles. The van der Waals surface area contributed by atoms with Gasteiger partial charge >= 0.3 is 0 Å². The minimum Gasteiger partial charge on any atom is -0.480 e. The number of carbonyl (C=O) groups is 3. The smallest absolute Gasteiger partial charge is 0.253 e. The van der Waals surface area contributed by atoms with Crippen molar-refractivity contribution in [1.82, 2.24) is 9.80 Å². The molecule has 8 nitrogen and oxygen atoms in total. The van der Waals surface area contributed by atoms with E-state index < -0.39 is 27.5 Å². The topological polar surface area (TPSA) is 88.2 Å². The molecule has 3 spiro atoms. The molecule has 1 saturated carbocycles. The van der Waals surface area contributed by atoms with E-state index >= 15 is 0 Å². The van der Waals surface area contributed by atoms with E-state index in [0.29, 0.717) is 36.6 Å². The van der Waals surface area contributed by atoms with E-state index in [0.717, 1.165) is 11.1 Å². The number of piperazine rings is 1. The van der Waals surface area contributed by atoms with Crippen LogP contribution in [-0.4, -0.2) is 57.8 Å². The van der Waals surface area contributed by atoms with E-state index in [9.17, 15) is 14.4 Å². The Hall–Kier alpha value is -3.29. The Morgan fingerprint density at radius 1 is 1.11 bits per heavy atom. The third-order valence-corrected chi connectivity index (χ3v) is 10.4. The first-order valence-corrected chi connectivity index (χ1v) is 12.6. The lowest BCUT2D eigenvalue weighted by Crippen LogP contribution is -2.79. The van der Waals surface area contributed by atoms with Crippen molar-refractivity contribution in [2.24, 2.45) is 11.3 Å². The highest BCUT2D eigenvalue weighted by Crippen LogP contribution is 2.72. The number of piperidine rings is 2. The van der Waals surface area contributed by atoms with E-state index in [2.05, 4.69) is 19.2 Å². The first-order chi connectivity index (χ1) is 16.8. The van der Waals surface area contributed by atoms with Crippen LogP contribution in [0.2, 0.25) is 0 Å². The zero-order valence-electron chi connectivity index (χ0n) is 21.5. The Bertz CT molecular complexity index is 1380. The molecule has 3 amide bonds. The van der Waals surface area contributed by atoms with Crippen LogP contribution >= 0.6 is 0 Å². The summed E-state index contributed by atoms with van der Waals surface area (Å²) in [4.78, 5) is 44.6. The van der Waals surface area contributed by atoms with Crippen LogP contribution in [0.25, 0.3) is 0 Å². The zero-order chi connectivity index (χ0) is 25.6. The molecule has 8 heteroatoms. The molecule has 188 valence electrons. The van der Waals surface area contributed by atoms with Gasteiger partial charge in [0.2, 0.25) is 11.8 Å². The fraction of sp³-hybridized carbons (Fsp3) is 0.536. The lowest BCUT2D eigenvalue weighted by molar-refractivity contribution is -0.185. The normalized spacial score (nSPS) is 38.1. The van der Waals surface area contributed by atoms with Crippen molar-refractivity contribution >= 4 is 23.4 Å². The number of carbonyl (C=O) groups excluding carboxylic acids is 3. The van der Waals surface area contributed by atoms with Gasteiger partial charge in [0.1, 0.15) is 11.1 Å². The minimum atomic E-state index is -0.944.